The molecule has 0 aromatic heterocycles. The molecule has 1 aliphatic rings. The van der Waals surface area contributed by atoms with Gasteiger partial charge in [-0.2, -0.15) is 0 Å². The largest absolute Gasteiger partial charge is 0.280 e. The lowest BCUT2D eigenvalue weighted by Gasteiger charge is -2.17. The lowest BCUT2D eigenvalue weighted by Crippen LogP contribution is -2.29. The van der Waals surface area contributed by atoms with Crippen LogP contribution in [0.25, 0.3) is 0 Å². The second kappa shape index (κ2) is 6.36. The second-order valence-electron chi connectivity index (χ2n) is 5.79. The molecule has 2 aromatic rings. The van der Waals surface area contributed by atoms with Crippen molar-refractivity contribution in [3.05, 3.63) is 53.8 Å². The number of nitrogens with one attached hydrogen (secondary N) is 1. The summed E-state index contributed by atoms with van der Waals surface area (Å²) in [5, 5.41) is 0. The van der Waals surface area contributed by atoms with Gasteiger partial charge >= 0.3 is 0 Å². The summed E-state index contributed by atoms with van der Waals surface area (Å²) < 4.78 is 65.5. The Bertz CT molecular complexity index is 1100. The Morgan fingerprint density at radius 2 is 1.88 bits per heavy atom. The summed E-state index contributed by atoms with van der Waals surface area (Å²) in [6, 6.07) is 8.84. The van der Waals surface area contributed by atoms with Gasteiger partial charge in [-0.15, -0.1) is 0 Å². The van der Waals surface area contributed by atoms with Crippen molar-refractivity contribution < 1.29 is 26.0 Å². The van der Waals surface area contributed by atoms with Crippen LogP contribution in [0.2, 0.25) is 0 Å². The summed E-state index contributed by atoms with van der Waals surface area (Å²) >= 11 is 0. The zero-order valence-electron chi connectivity index (χ0n) is 13.6. The Morgan fingerprint density at radius 3 is 2.50 bits per heavy atom. The van der Waals surface area contributed by atoms with Crippen LogP contribution >= 0.6 is 0 Å². The first-order valence-corrected chi connectivity index (χ1v) is 10.6. The Hall–Kier alpha value is -2.46. The van der Waals surface area contributed by atoms with Crippen LogP contribution in [0.5, 0.6) is 0 Å². The number of amides is 1. The molecule has 0 atom stereocenters. The quantitative estimate of drug-likeness (QED) is 0.849. The molecule has 1 aliphatic heterocycles. The molecule has 0 radical (unpaired) electrons. The molecule has 0 bridgehead atoms. The molecule has 10 heteroatoms. The summed E-state index contributed by atoms with van der Waals surface area (Å²) in [5.74, 6) is -1.54. The van der Waals surface area contributed by atoms with E-state index in [2.05, 4.69) is 4.72 Å². The number of carbonyl (C=O) groups excluding carboxylic acids is 1. The molecular formula is C16H15FN2O5S2. The first-order chi connectivity index (χ1) is 12.1. The van der Waals surface area contributed by atoms with Crippen molar-refractivity contribution in [1.29, 1.82) is 0 Å². The number of sulfonamides is 2. The Labute approximate surface area is 150 Å². The van der Waals surface area contributed by atoms with Crippen LogP contribution in [-0.2, 0) is 24.8 Å². The molecule has 138 valence electrons. The van der Waals surface area contributed by atoms with E-state index in [0.717, 1.165) is 12.1 Å². The normalized spacial score (nSPS) is 16.7. The molecule has 1 N–H and O–H groups in total. The van der Waals surface area contributed by atoms with Gasteiger partial charge in [0.1, 0.15) is 5.82 Å². The van der Waals surface area contributed by atoms with Gasteiger partial charge in [0.05, 0.1) is 22.0 Å². The van der Waals surface area contributed by atoms with E-state index in [1.54, 1.807) is 0 Å². The monoisotopic (exact) mass is 398 g/mol. The summed E-state index contributed by atoms with van der Waals surface area (Å²) in [5.41, 5.74) is 0.332. The maximum Gasteiger partial charge on any atom is 0.262 e. The van der Waals surface area contributed by atoms with Crippen LogP contribution in [0.3, 0.4) is 0 Å². The number of aryl methyl sites for hydroxylation is 1. The minimum atomic E-state index is -4.12. The number of hydrogen-bond donors (Lipinski definition) is 1. The van der Waals surface area contributed by atoms with Crippen LogP contribution in [-0.4, -0.2) is 28.5 Å². The molecule has 26 heavy (non-hydrogen) atoms. The second-order valence-corrected chi connectivity index (χ2v) is 9.38. The van der Waals surface area contributed by atoms with Crippen molar-refractivity contribution in [3.63, 3.8) is 0 Å². The number of carbonyl (C=O) groups is 1. The van der Waals surface area contributed by atoms with Gasteiger partial charge in [-0.05, 0) is 42.8 Å². The number of hydrogen-bond acceptors (Lipinski definition) is 5. The molecule has 7 nitrogen and oxygen atoms in total. The van der Waals surface area contributed by atoms with Crippen molar-refractivity contribution in [2.24, 2.45) is 0 Å². The van der Waals surface area contributed by atoms with E-state index in [0.29, 0.717) is 9.87 Å². The third kappa shape index (κ3) is 3.42. The molecule has 1 heterocycles. The fourth-order valence-corrected chi connectivity index (χ4v) is 5.40. The van der Waals surface area contributed by atoms with Gasteiger partial charge in [0.25, 0.3) is 10.0 Å². The maximum atomic E-state index is 13.3. The van der Waals surface area contributed by atoms with Crippen molar-refractivity contribution in [2.45, 2.75) is 18.2 Å². The molecule has 0 saturated carbocycles. The molecule has 2 aromatic carbocycles. The van der Waals surface area contributed by atoms with E-state index >= 15 is 0 Å². The number of nitrogens with zero attached hydrogens (tertiary/aromatic N) is 1. The van der Waals surface area contributed by atoms with Gasteiger partial charge in [-0.25, -0.2) is 25.5 Å². The first kappa shape index (κ1) is 18.3. The van der Waals surface area contributed by atoms with E-state index in [4.69, 9.17) is 0 Å². The van der Waals surface area contributed by atoms with Crippen LogP contribution < -0.4 is 9.03 Å². The van der Waals surface area contributed by atoms with Crippen LogP contribution in [0.4, 0.5) is 15.8 Å². The summed E-state index contributed by atoms with van der Waals surface area (Å²) in [4.78, 5) is 11.7. The van der Waals surface area contributed by atoms with Crippen LogP contribution in [0.1, 0.15) is 12.0 Å². The molecule has 0 aliphatic carbocycles. The summed E-state index contributed by atoms with van der Waals surface area (Å²) in [6.07, 6.45) is -0.153. The Kier molecular flexibility index (Phi) is 4.49. The van der Waals surface area contributed by atoms with Crippen molar-refractivity contribution >= 4 is 37.3 Å². The highest BCUT2D eigenvalue weighted by Crippen LogP contribution is 2.29. The maximum absolute atomic E-state index is 13.3. The van der Waals surface area contributed by atoms with Crippen molar-refractivity contribution in [1.82, 2.24) is 0 Å². The topological polar surface area (TPSA) is 101 Å². The number of benzene rings is 2. The molecule has 0 spiro atoms. The lowest BCUT2D eigenvalue weighted by molar-refractivity contribution is -0.116. The van der Waals surface area contributed by atoms with Crippen molar-refractivity contribution in [3.8, 4) is 0 Å². The van der Waals surface area contributed by atoms with E-state index in [9.17, 15) is 26.0 Å². The van der Waals surface area contributed by atoms with Gasteiger partial charge in [-0.1, -0.05) is 12.1 Å². The summed E-state index contributed by atoms with van der Waals surface area (Å²) in [6.45, 7) is 1.53. The molecule has 3 rings (SSSR count). The first-order valence-electron chi connectivity index (χ1n) is 7.55. The molecule has 1 fully saturated rings. The van der Waals surface area contributed by atoms with Gasteiger partial charge in [0.2, 0.25) is 15.9 Å². The van der Waals surface area contributed by atoms with E-state index < -0.39 is 31.8 Å². The lowest BCUT2D eigenvalue weighted by atomic mass is 10.2. The fourth-order valence-electron chi connectivity index (χ4n) is 2.64. The zero-order chi connectivity index (χ0) is 19.1. The number of halogens is 1. The Morgan fingerprint density at radius 1 is 1.15 bits per heavy atom. The average molecular weight is 398 g/mol. The highest BCUT2D eigenvalue weighted by molar-refractivity contribution is 7.94. The van der Waals surface area contributed by atoms with Crippen molar-refractivity contribution in [2.75, 3.05) is 14.8 Å². The van der Waals surface area contributed by atoms with Gasteiger partial charge in [0.15, 0.2) is 0 Å². The van der Waals surface area contributed by atoms with Gasteiger partial charge in [0, 0.05) is 6.42 Å². The third-order valence-electron chi connectivity index (χ3n) is 3.85. The average Bonchev–Trinajstić information content (AvgIpc) is 2.81. The Balaban J connectivity index is 2.04. The van der Waals surface area contributed by atoms with E-state index in [-0.39, 0.29) is 28.4 Å². The predicted octanol–water partition coefficient (Wildman–Crippen LogP) is 2.00. The molecule has 1 amide bonds. The third-order valence-corrected chi connectivity index (χ3v) is 7.07. The van der Waals surface area contributed by atoms with E-state index in [1.807, 2.05) is 0 Å². The summed E-state index contributed by atoms with van der Waals surface area (Å²) in [7, 11) is -7.93. The number of anilines is 2. The smallest absolute Gasteiger partial charge is 0.262 e. The minimum Gasteiger partial charge on any atom is -0.280 e. The highest BCUT2D eigenvalue weighted by atomic mass is 32.2. The zero-order valence-corrected chi connectivity index (χ0v) is 15.3. The van der Waals surface area contributed by atoms with Gasteiger partial charge in [-0.3, -0.25) is 9.52 Å². The van der Waals surface area contributed by atoms with E-state index in [1.165, 1.54) is 37.3 Å². The SMILES string of the molecule is Cc1ccc(N2C(=O)CCS2(=O)=O)cc1S(=O)(=O)Nc1cccc(F)c1. The molecular weight excluding hydrogens is 383 g/mol. The van der Waals surface area contributed by atoms with Crippen LogP contribution in [0.15, 0.2) is 47.4 Å². The standard InChI is InChI=1S/C16H15FN2O5S2/c1-11-5-6-14(19-16(20)7-8-25(19,21)22)10-15(11)26(23,24)18-13-4-2-3-12(17)9-13/h2-6,9-10,18H,7-8H2,1H3. The number of rotatable bonds is 4. The fraction of sp³-hybridized carbons (Fsp3) is 0.188. The molecule has 1 saturated heterocycles. The highest BCUT2D eigenvalue weighted by Gasteiger charge is 2.37. The van der Waals surface area contributed by atoms with Crippen LogP contribution in [0, 0.1) is 12.7 Å². The molecule has 0 unspecified atom stereocenters. The minimum absolute atomic E-state index is 0.0275. The van der Waals surface area contributed by atoms with Gasteiger partial charge < -0.3 is 0 Å². The predicted molar refractivity (Wildman–Crippen MR) is 94.3 cm³/mol.